The Hall–Kier alpha value is -2.70. The first-order valence-corrected chi connectivity index (χ1v) is 8.76. The van der Waals surface area contributed by atoms with Gasteiger partial charge in [-0.25, -0.2) is 4.39 Å². The second-order valence-electron chi connectivity index (χ2n) is 6.42. The number of ether oxygens (including phenoxy) is 1. The molecule has 2 heterocycles. The summed E-state index contributed by atoms with van der Waals surface area (Å²) in [5, 5.41) is 8.50. The van der Waals surface area contributed by atoms with Gasteiger partial charge < -0.3 is 14.5 Å². The van der Waals surface area contributed by atoms with Crippen molar-refractivity contribution in [3.63, 3.8) is 0 Å². The van der Waals surface area contributed by atoms with Gasteiger partial charge in [-0.1, -0.05) is 6.07 Å². The largest absolute Gasteiger partial charge is 0.490 e. The van der Waals surface area contributed by atoms with Crippen LogP contribution in [0.25, 0.3) is 0 Å². The highest BCUT2D eigenvalue weighted by Crippen LogP contribution is 2.34. The van der Waals surface area contributed by atoms with Crippen molar-refractivity contribution < 1.29 is 13.9 Å². The third kappa shape index (κ3) is 3.47. The van der Waals surface area contributed by atoms with Gasteiger partial charge in [0.15, 0.2) is 17.4 Å². The summed E-state index contributed by atoms with van der Waals surface area (Å²) in [5.74, 6) is 0.00517. The number of benzene rings is 1. The predicted octanol–water partition coefficient (Wildman–Crippen LogP) is 3.06. The number of para-hydroxylation sites is 1. The molecule has 2 aromatic rings. The van der Waals surface area contributed by atoms with Crippen LogP contribution in [0.2, 0.25) is 0 Å². The molecule has 1 unspecified atom stereocenters. The van der Waals surface area contributed by atoms with Gasteiger partial charge in [0.2, 0.25) is 0 Å². The number of hydrogen-bond donors (Lipinski definition) is 0. The van der Waals surface area contributed by atoms with E-state index in [2.05, 4.69) is 10.2 Å². The van der Waals surface area contributed by atoms with Crippen molar-refractivity contribution in [2.75, 3.05) is 32.1 Å². The lowest BCUT2D eigenvalue weighted by molar-refractivity contribution is 0.0727. The number of halogens is 1. The summed E-state index contributed by atoms with van der Waals surface area (Å²) < 4.78 is 19.5. The van der Waals surface area contributed by atoms with E-state index in [4.69, 9.17) is 4.74 Å². The first-order valence-electron chi connectivity index (χ1n) is 8.76. The van der Waals surface area contributed by atoms with Crippen LogP contribution in [0.1, 0.15) is 41.9 Å². The van der Waals surface area contributed by atoms with Gasteiger partial charge in [-0.15, -0.1) is 5.10 Å². The zero-order valence-electron chi connectivity index (χ0n) is 15.3. The number of aromatic nitrogens is 2. The molecule has 7 heteroatoms. The molecule has 1 aliphatic rings. The van der Waals surface area contributed by atoms with E-state index in [1.807, 2.05) is 31.1 Å². The molecule has 1 aromatic carbocycles. The molecule has 138 valence electrons. The smallest absolute Gasteiger partial charge is 0.258 e. The van der Waals surface area contributed by atoms with E-state index in [1.54, 1.807) is 17.9 Å². The lowest BCUT2D eigenvalue weighted by Gasteiger charge is -2.25. The maximum atomic E-state index is 14.1. The van der Waals surface area contributed by atoms with E-state index < -0.39 is 5.82 Å². The van der Waals surface area contributed by atoms with Gasteiger partial charge in [-0.3, -0.25) is 4.79 Å². The Morgan fingerprint density at radius 1 is 1.31 bits per heavy atom. The third-order valence-corrected chi connectivity index (χ3v) is 4.47. The highest BCUT2D eigenvalue weighted by molar-refractivity contribution is 5.97. The van der Waals surface area contributed by atoms with Gasteiger partial charge >= 0.3 is 0 Å². The summed E-state index contributed by atoms with van der Waals surface area (Å²) in [4.78, 5) is 16.7. The average molecular weight is 358 g/mol. The van der Waals surface area contributed by atoms with Crippen LogP contribution in [0, 0.1) is 5.82 Å². The molecule has 6 nitrogen and oxygen atoms in total. The van der Waals surface area contributed by atoms with Crippen molar-refractivity contribution in [1.29, 1.82) is 0 Å². The minimum absolute atomic E-state index is 0.0136. The van der Waals surface area contributed by atoms with Crippen LogP contribution in [-0.2, 0) is 0 Å². The Balaban J connectivity index is 1.88. The summed E-state index contributed by atoms with van der Waals surface area (Å²) in [5.41, 5.74) is 0.993. The average Bonchev–Trinajstić information content (AvgIpc) is 3.13. The second kappa shape index (κ2) is 7.68. The maximum Gasteiger partial charge on any atom is 0.258 e. The van der Waals surface area contributed by atoms with Crippen molar-refractivity contribution in [2.24, 2.45) is 0 Å². The minimum atomic E-state index is -0.524. The summed E-state index contributed by atoms with van der Waals surface area (Å²) in [6.07, 6.45) is 1.67. The van der Waals surface area contributed by atoms with Gasteiger partial charge in [0.1, 0.15) is 0 Å². The first kappa shape index (κ1) is 18.1. The molecule has 1 aromatic heterocycles. The molecule has 1 aliphatic heterocycles. The number of rotatable bonds is 5. The highest BCUT2D eigenvalue weighted by Gasteiger charge is 2.33. The van der Waals surface area contributed by atoms with Gasteiger partial charge in [-0.2, -0.15) is 5.10 Å². The molecule has 1 atom stereocenters. The first-order chi connectivity index (χ1) is 12.5. The molecule has 1 fully saturated rings. The number of hydrogen-bond acceptors (Lipinski definition) is 5. The number of carbonyl (C=O) groups is 1. The van der Waals surface area contributed by atoms with E-state index in [0.717, 1.165) is 24.4 Å². The maximum absolute atomic E-state index is 14.1. The van der Waals surface area contributed by atoms with Gasteiger partial charge in [0.25, 0.3) is 5.91 Å². The van der Waals surface area contributed by atoms with Gasteiger partial charge in [-0.05, 0) is 44.0 Å². The highest BCUT2D eigenvalue weighted by atomic mass is 19.1. The summed E-state index contributed by atoms with van der Waals surface area (Å²) in [6.45, 7) is 2.66. The fourth-order valence-corrected chi connectivity index (χ4v) is 3.19. The quantitative estimate of drug-likeness (QED) is 0.822. The van der Waals surface area contributed by atoms with Crippen molar-refractivity contribution >= 4 is 11.7 Å². The SMILES string of the molecule is CCOc1c(F)cccc1C(=O)N1CCCC1c1ccc(N(C)C)nn1. The van der Waals surface area contributed by atoms with Gasteiger partial charge in [0, 0.05) is 20.6 Å². The van der Waals surface area contributed by atoms with Crippen LogP contribution in [0.4, 0.5) is 10.2 Å². The minimum Gasteiger partial charge on any atom is -0.490 e. The molecule has 0 aliphatic carbocycles. The number of nitrogens with zero attached hydrogens (tertiary/aromatic N) is 4. The zero-order valence-corrected chi connectivity index (χ0v) is 15.3. The van der Waals surface area contributed by atoms with Crippen molar-refractivity contribution in [1.82, 2.24) is 15.1 Å². The molecule has 1 amide bonds. The molecule has 0 N–H and O–H groups in total. The fraction of sp³-hybridized carbons (Fsp3) is 0.421. The van der Waals surface area contributed by atoms with Crippen LogP contribution < -0.4 is 9.64 Å². The number of amides is 1. The van der Waals surface area contributed by atoms with E-state index in [0.29, 0.717) is 13.2 Å². The van der Waals surface area contributed by atoms with E-state index >= 15 is 0 Å². The van der Waals surface area contributed by atoms with E-state index in [-0.39, 0.29) is 23.3 Å². The van der Waals surface area contributed by atoms with Gasteiger partial charge in [0.05, 0.1) is 23.9 Å². The Kier molecular flexibility index (Phi) is 5.35. The topological polar surface area (TPSA) is 58.6 Å². The molecule has 0 saturated carbocycles. The zero-order chi connectivity index (χ0) is 18.7. The fourth-order valence-electron chi connectivity index (χ4n) is 3.19. The Morgan fingerprint density at radius 3 is 2.77 bits per heavy atom. The molecular weight excluding hydrogens is 335 g/mol. The normalized spacial score (nSPS) is 16.6. The number of anilines is 1. The predicted molar refractivity (Wildman–Crippen MR) is 96.9 cm³/mol. The Labute approximate surface area is 152 Å². The van der Waals surface area contributed by atoms with Crippen molar-refractivity contribution in [3.8, 4) is 5.75 Å². The standard InChI is InChI=1S/C19H23FN4O2/c1-4-26-18-13(7-5-8-14(18)20)19(25)24-12-6-9-16(24)15-10-11-17(22-21-15)23(2)3/h5,7-8,10-11,16H,4,6,9,12H2,1-3H3. The Bertz CT molecular complexity index is 780. The van der Waals surface area contributed by atoms with Crippen molar-refractivity contribution in [2.45, 2.75) is 25.8 Å². The van der Waals surface area contributed by atoms with Crippen LogP contribution in [0.15, 0.2) is 30.3 Å². The van der Waals surface area contributed by atoms with E-state index in [9.17, 15) is 9.18 Å². The molecule has 1 saturated heterocycles. The van der Waals surface area contributed by atoms with Crippen LogP contribution in [0.3, 0.4) is 0 Å². The number of carbonyl (C=O) groups excluding carboxylic acids is 1. The van der Waals surface area contributed by atoms with Crippen LogP contribution in [-0.4, -0.2) is 48.3 Å². The molecular formula is C19H23FN4O2. The van der Waals surface area contributed by atoms with Crippen LogP contribution >= 0.6 is 0 Å². The summed E-state index contributed by atoms with van der Waals surface area (Å²) >= 11 is 0. The molecule has 0 bridgehead atoms. The van der Waals surface area contributed by atoms with E-state index in [1.165, 1.54) is 12.1 Å². The third-order valence-electron chi connectivity index (χ3n) is 4.47. The monoisotopic (exact) mass is 358 g/mol. The summed E-state index contributed by atoms with van der Waals surface area (Å²) in [7, 11) is 3.79. The van der Waals surface area contributed by atoms with Crippen molar-refractivity contribution in [3.05, 3.63) is 47.4 Å². The lowest BCUT2D eigenvalue weighted by atomic mass is 10.1. The summed E-state index contributed by atoms with van der Waals surface area (Å²) in [6, 6.07) is 8.05. The molecule has 26 heavy (non-hydrogen) atoms. The second-order valence-corrected chi connectivity index (χ2v) is 6.42. The molecule has 0 radical (unpaired) electrons. The van der Waals surface area contributed by atoms with Crippen LogP contribution in [0.5, 0.6) is 5.75 Å². The molecule has 3 rings (SSSR count). The lowest BCUT2D eigenvalue weighted by Crippen LogP contribution is -2.31. The Morgan fingerprint density at radius 2 is 2.12 bits per heavy atom. The molecule has 0 spiro atoms. The number of likely N-dealkylation sites (tertiary alicyclic amines) is 1.